The lowest BCUT2D eigenvalue weighted by atomic mass is 9.97. The van der Waals surface area contributed by atoms with Gasteiger partial charge in [-0.1, -0.05) is 0 Å². The second-order valence-electron chi connectivity index (χ2n) is 6.54. The molecule has 2 aromatic rings. The van der Waals surface area contributed by atoms with E-state index in [2.05, 4.69) is 9.98 Å². The molecule has 0 spiro atoms. The van der Waals surface area contributed by atoms with Crippen LogP contribution in [0.1, 0.15) is 36.1 Å². The van der Waals surface area contributed by atoms with Crippen LogP contribution in [-0.2, 0) is 6.18 Å². The van der Waals surface area contributed by atoms with Gasteiger partial charge in [-0.15, -0.1) is 0 Å². The fourth-order valence-electron chi connectivity index (χ4n) is 2.24. The van der Waals surface area contributed by atoms with E-state index in [-0.39, 0.29) is 34.8 Å². The summed E-state index contributed by atoms with van der Waals surface area (Å²) in [4.78, 5) is 7.99. The van der Waals surface area contributed by atoms with Gasteiger partial charge >= 0.3 is 6.18 Å². The third kappa shape index (κ3) is 5.04. The molecule has 5 N–H and O–H groups in total. The van der Waals surface area contributed by atoms with Gasteiger partial charge in [-0.05, 0) is 38.1 Å². The van der Waals surface area contributed by atoms with Gasteiger partial charge in [-0.2, -0.15) is 13.2 Å². The number of nitrogens with two attached hydrogens (primary N) is 1. The Bertz CT molecular complexity index is 887. The van der Waals surface area contributed by atoms with Gasteiger partial charge in [0.15, 0.2) is 0 Å². The van der Waals surface area contributed by atoms with Gasteiger partial charge in [0.05, 0.1) is 23.4 Å². The van der Waals surface area contributed by atoms with Gasteiger partial charge < -0.3 is 15.9 Å². The summed E-state index contributed by atoms with van der Waals surface area (Å²) >= 11 is 0. The molecule has 0 bridgehead atoms. The first-order valence-corrected chi connectivity index (χ1v) is 7.86. The number of pyridine rings is 1. The minimum atomic E-state index is -4.60. The SMILES string of the molecule is CC(C)(O)CN=C(N)c1cnccc1C(=N)c1ccc(C(F)(F)F)cc1O. The molecule has 0 saturated heterocycles. The van der Waals surface area contributed by atoms with E-state index in [0.717, 1.165) is 12.1 Å². The van der Waals surface area contributed by atoms with Crippen LogP contribution in [0.4, 0.5) is 13.2 Å². The van der Waals surface area contributed by atoms with Crippen molar-refractivity contribution >= 4 is 11.5 Å². The Hall–Kier alpha value is -2.94. The maximum atomic E-state index is 12.7. The summed E-state index contributed by atoms with van der Waals surface area (Å²) in [6.07, 6.45) is -1.86. The lowest BCUT2D eigenvalue weighted by molar-refractivity contribution is -0.137. The van der Waals surface area contributed by atoms with Crippen LogP contribution in [0.25, 0.3) is 0 Å². The number of hydrogen-bond donors (Lipinski definition) is 4. The Morgan fingerprint density at radius 3 is 2.41 bits per heavy atom. The van der Waals surface area contributed by atoms with E-state index >= 15 is 0 Å². The second kappa shape index (κ2) is 7.36. The number of benzene rings is 1. The Kier molecular flexibility index (Phi) is 5.55. The van der Waals surface area contributed by atoms with Crippen molar-refractivity contribution in [2.24, 2.45) is 10.7 Å². The van der Waals surface area contributed by atoms with Crippen LogP contribution in [0, 0.1) is 5.41 Å². The normalized spacial score (nSPS) is 12.9. The Morgan fingerprint density at radius 1 is 1.19 bits per heavy atom. The number of rotatable bonds is 5. The van der Waals surface area contributed by atoms with Gasteiger partial charge in [-0.3, -0.25) is 15.4 Å². The standard InChI is InChI=1S/C18H19F3N4O2/c1-17(2,27)9-25-16(23)13-8-24-6-5-11(13)15(22)12-4-3-10(7-14(12)26)18(19,20)21/h3-8,22,26-27H,9H2,1-2H3,(H2,23,25). The summed E-state index contributed by atoms with van der Waals surface area (Å²) in [5.41, 5.74) is 4.00. The molecule has 0 radical (unpaired) electrons. The van der Waals surface area contributed by atoms with Crippen molar-refractivity contribution in [1.29, 1.82) is 5.41 Å². The minimum absolute atomic E-state index is 0.00598. The molecule has 1 aromatic carbocycles. The van der Waals surface area contributed by atoms with Crippen molar-refractivity contribution in [2.75, 3.05) is 6.54 Å². The fraction of sp³-hybridized carbons (Fsp3) is 0.278. The second-order valence-corrected chi connectivity index (χ2v) is 6.54. The smallest absolute Gasteiger partial charge is 0.416 e. The third-order valence-corrected chi connectivity index (χ3v) is 3.60. The minimum Gasteiger partial charge on any atom is -0.507 e. The molecule has 27 heavy (non-hydrogen) atoms. The van der Waals surface area contributed by atoms with Crippen molar-refractivity contribution in [3.63, 3.8) is 0 Å². The molecule has 0 aliphatic heterocycles. The number of nitrogens with zero attached hydrogens (tertiary/aromatic N) is 2. The molecule has 0 amide bonds. The summed E-state index contributed by atoms with van der Waals surface area (Å²) in [5, 5.41) is 28.0. The van der Waals surface area contributed by atoms with Crippen LogP contribution < -0.4 is 5.73 Å². The van der Waals surface area contributed by atoms with Crippen LogP contribution in [0.5, 0.6) is 5.75 Å². The molecule has 1 aromatic heterocycles. The highest BCUT2D eigenvalue weighted by Crippen LogP contribution is 2.33. The quantitative estimate of drug-likeness (QED) is 0.471. The van der Waals surface area contributed by atoms with E-state index in [9.17, 15) is 23.4 Å². The average molecular weight is 380 g/mol. The molecule has 9 heteroatoms. The molecular weight excluding hydrogens is 361 g/mol. The van der Waals surface area contributed by atoms with E-state index in [1.165, 1.54) is 18.5 Å². The van der Waals surface area contributed by atoms with Gasteiger partial charge in [0, 0.05) is 29.1 Å². The number of aromatic nitrogens is 1. The molecule has 2 rings (SSSR count). The molecule has 1 heterocycles. The molecule has 144 valence electrons. The number of aliphatic imine (C=N–C) groups is 1. The number of aromatic hydroxyl groups is 1. The number of aliphatic hydroxyl groups is 1. The highest BCUT2D eigenvalue weighted by molar-refractivity contribution is 6.18. The largest absolute Gasteiger partial charge is 0.507 e. The summed E-state index contributed by atoms with van der Waals surface area (Å²) in [6.45, 7) is 3.11. The lowest BCUT2D eigenvalue weighted by Gasteiger charge is -2.16. The Balaban J connectivity index is 2.44. The van der Waals surface area contributed by atoms with Crippen molar-refractivity contribution in [3.8, 4) is 5.75 Å². The van der Waals surface area contributed by atoms with Crippen LogP contribution in [0.2, 0.25) is 0 Å². The number of phenols is 1. The summed E-state index contributed by atoms with van der Waals surface area (Å²) in [6, 6.07) is 3.82. The zero-order chi connectivity index (χ0) is 20.4. The van der Waals surface area contributed by atoms with Crippen LogP contribution in [-0.4, -0.2) is 38.9 Å². The van der Waals surface area contributed by atoms with E-state index in [4.69, 9.17) is 11.1 Å². The molecule has 0 atom stereocenters. The van der Waals surface area contributed by atoms with Gasteiger partial charge in [0.1, 0.15) is 11.6 Å². The van der Waals surface area contributed by atoms with Gasteiger partial charge in [0.2, 0.25) is 0 Å². The predicted octanol–water partition coefficient (Wildman–Crippen LogP) is 2.70. The van der Waals surface area contributed by atoms with Crippen LogP contribution in [0.15, 0.2) is 41.7 Å². The van der Waals surface area contributed by atoms with E-state index in [0.29, 0.717) is 6.07 Å². The summed E-state index contributed by atoms with van der Waals surface area (Å²) in [7, 11) is 0. The maximum absolute atomic E-state index is 12.7. The third-order valence-electron chi connectivity index (χ3n) is 3.60. The predicted molar refractivity (Wildman–Crippen MR) is 95.2 cm³/mol. The topological polar surface area (TPSA) is 116 Å². The van der Waals surface area contributed by atoms with Crippen molar-refractivity contribution in [2.45, 2.75) is 25.6 Å². The zero-order valence-electron chi connectivity index (χ0n) is 14.7. The molecular formula is C18H19F3N4O2. The molecule has 0 unspecified atom stereocenters. The first-order valence-electron chi connectivity index (χ1n) is 7.86. The number of nitrogens with one attached hydrogen (secondary N) is 1. The van der Waals surface area contributed by atoms with Crippen LogP contribution >= 0.6 is 0 Å². The molecule has 0 aliphatic rings. The van der Waals surface area contributed by atoms with Crippen molar-refractivity contribution in [1.82, 2.24) is 4.98 Å². The van der Waals surface area contributed by atoms with Gasteiger partial charge in [-0.25, -0.2) is 0 Å². The van der Waals surface area contributed by atoms with E-state index in [1.807, 2.05) is 0 Å². The average Bonchev–Trinajstić information content (AvgIpc) is 2.57. The first kappa shape index (κ1) is 20.4. The highest BCUT2D eigenvalue weighted by Gasteiger charge is 2.31. The maximum Gasteiger partial charge on any atom is 0.416 e. The monoisotopic (exact) mass is 380 g/mol. The van der Waals surface area contributed by atoms with Gasteiger partial charge in [0.25, 0.3) is 0 Å². The number of alkyl halides is 3. The summed E-state index contributed by atoms with van der Waals surface area (Å²) in [5.74, 6) is -0.666. The number of phenolic OH excluding ortho intramolecular Hbond substituents is 1. The highest BCUT2D eigenvalue weighted by atomic mass is 19.4. The molecule has 0 fully saturated rings. The Labute approximate surface area is 153 Å². The first-order chi connectivity index (χ1) is 12.4. The number of hydrogen-bond acceptors (Lipinski definition) is 5. The number of halogens is 3. The molecule has 0 aliphatic carbocycles. The van der Waals surface area contributed by atoms with E-state index in [1.54, 1.807) is 13.8 Å². The van der Waals surface area contributed by atoms with Crippen molar-refractivity contribution < 1.29 is 23.4 Å². The molecule has 6 nitrogen and oxygen atoms in total. The fourth-order valence-corrected chi connectivity index (χ4v) is 2.24. The number of amidine groups is 1. The Morgan fingerprint density at radius 2 is 1.85 bits per heavy atom. The zero-order valence-corrected chi connectivity index (χ0v) is 14.7. The van der Waals surface area contributed by atoms with E-state index < -0.39 is 23.1 Å². The van der Waals surface area contributed by atoms with Crippen LogP contribution in [0.3, 0.4) is 0 Å². The van der Waals surface area contributed by atoms with Crippen molar-refractivity contribution in [3.05, 3.63) is 58.9 Å². The lowest BCUT2D eigenvalue weighted by Crippen LogP contribution is -2.26. The summed E-state index contributed by atoms with van der Waals surface area (Å²) < 4.78 is 38.2. The molecule has 0 saturated carbocycles.